The quantitative estimate of drug-likeness (QED) is 0.605. The van der Waals surface area contributed by atoms with E-state index < -0.39 is 0 Å². The van der Waals surface area contributed by atoms with Gasteiger partial charge in [0.1, 0.15) is 0 Å². The largest absolute Gasteiger partial charge is 0.377 e. The molecule has 0 amide bonds. The molecule has 5 nitrogen and oxygen atoms in total. The molecule has 1 aromatic heterocycles. The first-order valence-corrected chi connectivity index (χ1v) is 8.02. The Kier molecular flexibility index (Phi) is 5.68. The molecule has 0 bridgehead atoms. The fourth-order valence-electron chi connectivity index (χ4n) is 1.72. The highest BCUT2D eigenvalue weighted by Gasteiger charge is 2.14. The molecule has 1 aliphatic rings. The fraction of sp³-hybridized carbons (Fsp3) is 0.818. The Balaban J connectivity index is 1.56. The highest BCUT2D eigenvalue weighted by atomic mass is 32.2. The minimum absolute atomic E-state index is 0.428. The zero-order valence-corrected chi connectivity index (χ0v) is 12.5. The summed E-state index contributed by atoms with van der Waals surface area (Å²) >= 11 is 3.39. The number of hydrogen-bond acceptors (Lipinski definition) is 7. The summed E-state index contributed by atoms with van der Waals surface area (Å²) in [4.78, 5) is 1.98. The molecule has 18 heavy (non-hydrogen) atoms. The topological polar surface area (TPSA) is 50.3 Å². The molecule has 1 atom stereocenters. The Hall–Kier alpha value is -0.370. The van der Waals surface area contributed by atoms with Gasteiger partial charge >= 0.3 is 0 Å². The van der Waals surface area contributed by atoms with Gasteiger partial charge in [0.25, 0.3) is 0 Å². The van der Waals surface area contributed by atoms with Crippen molar-refractivity contribution in [3.8, 4) is 0 Å². The lowest BCUT2D eigenvalue weighted by molar-refractivity contribution is 0.110. The van der Waals surface area contributed by atoms with E-state index in [2.05, 4.69) is 15.5 Å². The van der Waals surface area contributed by atoms with Gasteiger partial charge in [-0.25, -0.2) is 0 Å². The van der Waals surface area contributed by atoms with Gasteiger partial charge in [-0.1, -0.05) is 23.1 Å². The number of ether oxygens (including phenoxy) is 1. The normalized spacial score (nSPS) is 19.3. The van der Waals surface area contributed by atoms with Gasteiger partial charge in [0.2, 0.25) is 5.13 Å². The van der Waals surface area contributed by atoms with Crippen LogP contribution in [0, 0.1) is 0 Å². The summed E-state index contributed by atoms with van der Waals surface area (Å²) in [5.41, 5.74) is 0. The third-order valence-electron chi connectivity index (χ3n) is 2.68. The monoisotopic (exact) mass is 288 g/mol. The lowest BCUT2D eigenvalue weighted by Crippen LogP contribution is -2.27. The predicted octanol–water partition coefficient (Wildman–Crippen LogP) is 1.46. The maximum absolute atomic E-state index is 5.55. The molecule has 0 saturated carbocycles. The average molecular weight is 288 g/mol. The van der Waals surface area contributed by atoms with Crippen molar-refractivity contribution in [2.24, 2.45) is 0 Å². The van der Waals surface area contributed by atoms with Gasteiger partial charge in [-0.2, -0.15) is 0 Å². The van der Waals surface area contributed by atoms with Crippen LogP contribution in [0.1, 0.15) is 12.8 Å². The molecule has 1 saturated heterocycles. The molecule has 2 heterocycles. The van der Waals surface area contributed by atoms with Gasteiger partial charge in [0, 0.05) is 39.5 Å². The summed E-state index contributed by atoms with van der Waals surface area (Å²) in [6, 6.07) is 0. The van der Waals surface area contributed by atoms with Crippen LogP contribution in [0.2, 0.25) is 0 Å². The van der Waals surface area contributed by atoms with Crippen molar-refractivity contribution in [3.05, 3.63) is 0 Å². The summed E-state index contributed by atoms with van der Waals surface area (Å²) in [5.74, 6) is 1.02. The SMILES string of the molecule is CN(C)c1nnc(SCCNCC2CCCO2)s1. The first-order chi connectivity index (χ1) is 8.75. The highest BCUT2D eigenvalue weighted by Crippen LogP contribution is 2.26. The summed E-state index contributed by atoms with van der Waals surface area (Å²) in [6.07, 6.45) is 2.83. The van der Waals surface area contributed by atoms with Crippen LogP contribution in [-0.2, 0) is 4.74 Å². The van der Waals surface area contributed by atoms with E-state index in [-0.39, 0.29) is 0 Å². The molecule has 0 aromatic carbocycles. The third kappa shape index (κ3) is 4.38. The molecule has 0 radical (unpaired) electrons. The number of rotatable bonds is 7. The molecule has 7 heteroatoms. The zero-order valence-electron chi connectivity index (χ0n) is 10.9. The molecule has 2 rings (SSSR count). The van der Waals surface area contributed by atoms with Crippen molar-refractivity contribution in [2.45, 2.75) is 23.3 Å². The molecule has 102 valence electrons. The lowest BCUT2D eigenvalue weighted by Gasteiger charge is -2.09. The highest BCUT2D eigenvalue weighted by molar-refractivity contribution is 8.01. The summed E-state index contributed by atoms with van der Waals surface area (Å²) in [5, 5.41) is 12.7. The maximum atomic E-state index is 5.55. The van der Waals surface area contributed by atoms with E-state index in [0.717, 1.165) is 34.9 Å². The lowest BCUT2D eigenvalue weighted by atomic mass is 10.2. The van der Waals surface area contributed by atoms with Crippen LogP contribution in [0.4, 0.5) is 5.13 Å². The molecule has 1 aliphatic heterocycles. The molecular formula is C11H20N4OS2. The van der Waals surface area contributed by atoms with E-state index >= 15 is 0 Å². The second-order valence-corrected chi connectivity index (χ2v) is 6.73. The van der Waals surface area contributed by atoms with E-state index in [4.69, 9.17) is 4.74 Å². The van der Waals surface area contributed by atoms with Crippen LogP contribution >= 0.6 is 23.1 Å². The van der Waals surface area contributed by atoms with Gasteiger partial charge in [-0.15, -0.1) is 10.2 Å². The number of nitrogens with one attached hydrogen (secondary N) is 1. The van der Waals surface area contributed by atoms with Crippen LogP contribution in [0.15, 0.2) is 4.34 Å². The van der Waals surface area contributed by atoms with E-state index in [1.807, 2.05) is 19.0 Å². The number of nitrogens with zero attached hydrogens (tertiary/aromatic N) is 3. The number of hydrogen-bond donors (Lipinski definition) is 1. The fourth-order valence-corrected chi connectivity index (χ4v) is 3.45. The third-order valence-corrected chi connectivity index (χ3v) is 4.90. The Morgan fingerprint density at radius 3 is 3.06 bits per heavy atom. The van der Waals surface area contributed by atoms with E-state index in [1.54, 1.807) is 23.1 Å². The van der Waals surface area contributed by atoms with Gasteiger partial charge in [-0.3, -0.25) is 0 Å². The predicted molar refractivity (Wildman–Crippen MR) is 76.8 cm³/mol. The average Bonchev–Trinajstić information content (AvgIpc) is 2.98. The van der Waals surface area contributed by atoms with E-state index in [9.17, 15) is 0 Å². The van der Waals surface area contributed by atoms with Crippen molar-refractivity contribution < 1.29 is 4.74 Å². The van der Waals surface area contributed by atoms with Crippen molar-refractivity contribution in [1.29, 1.82) is 0 Å². The Bertz CT molecular complexity index is 353. The first-order valence-electron chi connectivity index (χ1n) is 6.21. The minimum atomic E-state index is 0.428. The molecule has 1 aromatic rings. The summed E-state index contributed by atoms with van der Waals surface area (Å²) < 4.78 is 6.59. The Morgan fingerprint density at radius 1 is 1.50 bits per heavy atom. The van der Waals surface area contributed by atoms with Gasteiger partial charge in [-0.05, 0) is 12.8 Å². The molecule has 1 unspecified atom stereocenters. The smallest absolute Gasteiger partial charge is 0.208 e. The van der Waals surface area contributed by atoms with Crippen molar-refractivity contribution in [3.63, 3.8) is 0 Å². The number of thioether (sulfide) groups is 1. The van der Waals surface area contributed by atoms with Gasteiger partial charge in [0.05, 0.1) is 6.10 Å². The van der Waals surface area contributed by atoms with Crippen LogP contribution < -0.4 is 10.2 Å². The second-order valence-electron chi connectivity index (χ2n) is 4.43. The summed E-state index contributed by atoms with van der Waals surface area (Å²) in [7, 11) is 3.97. The van der Waals surface area contributed by atoms with E-state index in [0.29, 0.717) is 6.10 Å². The molecule has 1 fully saturated rings. The maximum Gasteiger partial charge on any atom is 0.208 e. The Labute approximate surface area is 116 Å². The van der Waals surface area contributed by atoms with Gasteiger partial charge in [0.15, 0.2) is 4.34 Å². The van der Waals surface area contributed by atoms with Crippen LogP contribution in [-0.4, -0.2) is 55.8 Å². The molecular weight excluding hydrogens is 268 g/mol. The molecule has 1 N–H and O–H groups in total. The van der Waals surface area contributed by atoms with Crippen molar-refractivity contribution in [2.75, 3.05) is 44.4 Å². The number of anilines is 1. The van der Waals surface area contributed by atoms with Crippen LogP contribution in [0.25, 0.3) is 0 Å². The first kappa shape index (κ1) is 14.0. The van der Waals surface area contributed by atoms with Crippen molar-refractivity contribution >= 4 is 28.2 Å². The van der Waals surface area contributed by atoms with Crippen LogP contribution in [0.5, 0.6) is 0 Å². The minimum Gasteiger partial charge on any atom is -0.377 e. The molecule has 0 spiro atoms. The number of aromatic nitrogens is 2. The summed E-state index contributed by atoms with van der Waals surface area (Å²) in [6.45, 7) is 2.89. The van der Waals surface area contributed by atoms with Crippen LogP contribution in [0.3, 0.4) is 0 Å². The Morgan fingerprint density at radius 2 is 2.39 bits per heavy atom. The van der Waals surface area contributed by atoms with Gasteiger partial charge < -0.3 is 15.0 Å². The van der Waals surface area contributed by atoms with E-state index in [1.165, 1.54) is 12.8 Å². The zero-order chi connectivity index (χ0) is 12.8. The standard InChI is InChI=1S/C11H20N4OS2/c1-15(2)10-13-14-11(18-10)17-7-5-12-8-9-4-3-6-16-9/h9,12H,3-8H2,1-2H3. The van der Waals surface area contributed by atoms with Crippen molar-refractivity contribution in [1.82, 2.24) is 15.5 Å². The molecule has 0 aliphatic carbocycles. The second kappa shape index (κ2) is 7.28.